The minimum atomic E-state index is -0.636. The van der Waals surface area contributed by atoms with E-state index in [4.69, 9.17) is 4.74 Å². The van der Waals surface area contributed by atoms with E-state index in [9.17, 15) is 15.0 Å². The van der Waals surface area contributed by atoms with E-state index in [1.807, 2.05) is 43.4 Å². The van der Waals surface area contributed by atoms with Crippen LogP contribution in [0.1, 0.15) is 102 Å². The molecule has 0 spiro atoms. The molecule has 0 heterocycles. The molecule has 2 aliphatic rings. The molecule has 0 aromatic rings. The van der Waals surface area contributed by atoms with Crippen molar-refractivity contribution in [2.24, 2.45) is 16.2 Å². The molecule has 1 fully saturated rings. The molecule has 4 heteroatoms. The van der Waals surface area contributed by atoms with Gasteiger partial charge in [0.2, 0.25) is 0 Å². The molecule has 0 saturated heterocycles. The van der Waals surface area contributed by atoms with Crippen LogP contribution in [0.4, 0.5) is 0 Å². The van der Waals surface area contributed by atoms with Crippen LogP contribution in [0, 0.1) is 16.2 Å². The van der Waals surface area contributed by atoms with Crippen LogP contribution in [-0.4, -0.2) is 34.5 Å². The fourth-order valence-corrected chi connectivity index (χ4v) is 6.65. The minimum Gasteiger partial charge on any atom is -0.463 e. The Morgan fingerprint density at radius 2 is 1.26 bits per heavy atom. The molecule has 0 aromatic carbocycles. The Balaban J connectivity index is 1.90. The Kier molecular flexibility index (Phi) is 14.5. The van der Waals surface area contributed by atoms with Crippen LogP contribution in [0.5, 0.6) is 0 Å². The molecule has 2 N–H and O–H groups in total. The fraction of sp³-hybridized carbons (Fsp3) is 0.500. The number of carbonyl (C=O) groups is 1. The number of allylic oxidation sites excluding steroid dienone is 18. The third kappa shape index (κ3) is 11.9. The van der Waals surface area contributed by atoms with Gasteiger partial charge in [0.05, 0.1) is 12.2 Å². The Morgan fingerprint density at radius 1 is 0.761 bits per heavy atom. The van der Waals surface area contributed by atoms with Gasteiger partial charge in [0.25, 0.3) is 0 Å². The van der Waals surface area contributed by atoms with Crippen LogP contribution < -0.4 is 0 Å². The molecule has 4 nitrogen and oxygen atoms in total. The first-order chi connectivity index (χ1) is 21.4. The molecule has 0 bridgehead atoms. The summed E-state index contributed by atoms with van der Waals surface area (Å²) in [6, 6.07) is 0. The molecule has 4 atom stereocenters. The first-order valence-electron chi connectivity index (χ1n) is 16.7. The van der Waals surface area contributed by atoms with Crippen molar-refractivity contribution in [3.63, 3.8) is 0 Å². The van der Waals surface area contributed by atoms with Gasteiger partial charge in [0.1, 0.15) is 6.10 Å². The van der Waals surface area contributed by atoms with E-state index in [1.165, 1.54) is 23.6 Å². The molecule has 0 radical (unpaired) electrons. The zero-order valence-corrected chi connectivity index (χ0v) is 30.4. The maximum absolute atomic E-state index is 11.5. The molecular weight excluding hydrogens is 568 g/mol. The maximum Gasteiger partial charge on any atom is 0.302 e. The van der Waals surface area contributed by atoms with Crippen molar-refractivity contribution in [2.75, 3.05) is 0 Å². The number of aliphatic hydroxyl groups is 2. The second-order valence-electron chi connectivity index (χ2n) is 15.0. The van der Waals surface area contributed by atoms with Gasteiger partial charge in [0.15, 0.2) is 0 Å². The molecular formula is C42H60O4. The van der Waals surface area contributed by atoms with Gasteiger partial charge >= 0.3 is 5.97 Å². The summed E-state index contributed by atoms with van der Waals surface area (Å²) in [5, 5.41) is 21.2. The Labute approximate surface area is 280 Å². The van der Waals surface area contributed by atoms with Crippen molar-refractivity contribution in [1.29, 1.82) is 0 Å². The lowest BCUT2D eigenvalue weighted by molar-refractivity contribution is -0.146. The summed E-state index contributed by atoms with van der Waals surface area (Å²) in [6.07, 6.45) is 30.8. The monoisotopic (exact) mass is 628 g/mol. The van der Waals surface area contributed by atoms with Crippen molar-refractivity contribution in [3.05, 3.63) is 119 Å². The fourth-order valence-electron chi connectivity index (χ4n) is 6.65. The van der Waals surface area contributed by atoms with Crippen LogP contribution in [0.2, 0.25) is 0 Å². The average Bonchev–Trinajstić information content (AvgIpc) is 3.15. The van der Waals surface area contributed by atoms with Gasteiger partial charge in [-0.1, -0.05) is 148 Å². The van der Waals surface area contributed by atoms with Crippen LogP contribution in [-0.2, 0) is 9.53 Å². The summed E-state index contributed by atoms with van der Waals surface area (Å²) in [5.41, 5.74) is 6.60. The first kappa shape index (κ1) is 39.0. The van der Waals surface area contributed by atoms with Crippen LogP contribution in [0.25, 0.3) is 0 Å². The second kappa shape index (κ2) is 17.1. The molecule has 252 valence electrons. The van der Waals surface area contributed by atoms with E-state index >= 15 is 0 Å². The van der Waals surface area contributed by atoms with Gasteiger partial charge in [-0.3, -0.25) is 4.79 Å². The predicted molar refractivity (Wildman–Crippen MR) is 195 cm³/mol. The highest BCUT2D eigenvalue weighted by Crippen LogP contribution is 2.55. The van der Waals surface area contributed by atoms with E-state index in [1.54, 1.807) is 0 Å². The molecule has 0 amide bonds. The van der Waals surface area contributed by atoms with Crippen molar-refractivity contribution in [1.82, 2.24) is 0 Å². The first-order valence-corrected chi connectivity index (χ1v) is 16.7. The quantitative estimate of drug-likeness (QED) is 0.167. The SMILES string of the molecule is CC(=O)O[C@H]1CC(C)(C)[C@](C)([C@H](O)/C=C/C(C)=C/C=C/C(C)=C/C=C/C=C(C)/C=C/C=C(C)/C=C/C2=C(C)C[C@@H](O)CC2(C)C)C1. The summed E-state index contributed by atoms with van der Waals surface area (Å²) in [7, 11) is 0. The van der Waals surface area contributed by atoms with E-state index in [-0.39, 0.29) is 34.4 Å². The highest BCUT2D eigenvalue weighted by molar-refractivity contribution is 5.66. The zero-order chi connectivity index (χ0) is 34.7. The summed E-state index contributed by atoms with van der Waals surface area (Å²) >= 11 is 0. The standard InChI is InChI=1S/C42H60O4/c1-30(18-14-20-32(3)22-24-38-34(5)26-36(44)27-40(38,7)8)16-12-13-17-31(2)19-15-21-33(4)23-25-39(45)42(11)29-37(46-35(6)43)28-41(42,9)10/h12-25,36-37,39,44-45H,26-29H2,1-11H3/b13-12+,18-14+,19-15+,24-22+,25-23+,30-16+,31-17+,32-20+,33-21+/t36-,37+,39-,42+/m1/s1. The van der Waals surface area contributed by atoms with E-state index in [2.05, 4.69) is 111 Å². The number of ether oxygens (including phenoxy) is 1. The molecule has 46 heavy (non-hydrogen) atoms. The number of rotatable bonds is 12. The lowest BCUT2D eigenvalue weighted by atomic mass is 9.66. The number of carbonyl (C=O) groups excluding carboxylic acids is 1. The van der Waals surface area contributed by atoms with Gasteiger partial charge in [0, 0.05) is 12.3 Å². The molecule has 0 aromatic heterocycles. The zero-order valence-electron chi connectivity index (χ0n) is 30.4. The highest BCUT2D eigenvalue weighted by atomic mass is 16.5. The van der Waals surface area contributed by atoms with E-state index in [0.29, 0.717) is 6.42 Å². The summed E-state index contributed by atoms with van der Waals surface area (Å²) < 4.78 is 5.48. The van der Waals surface area contributed by atoms with Crippen molar-refractivity contribution < 1.29 is 19.7 Å². The molecule has 0 unspecified atom stereocenters. The summed E-state index contributed by atoms with van der Waals surface area (Å²) in [5.74, 6) is -0.265. The number of hydrogen-bond donors (Lipinski definition) is 2. The molecule has 0 aliphatic heterocycles. The van der Waals surface area contributed by atoms with Crippen molar-refractivity contribution in [3.8, 4) is 0 Å². The number of aliphatic hydroxyl groups excluding tert-OH is 2. The van der Waals surface area contributed by atoms with E-state index < -0.39 is 6.10 Å². The highest BCUT2D eigenvalue weighted by Gasteiger charge is 2.53. The second-order valence-corrected chi connectivity index (χ2v) is 15.0. The smallest absolute Gasteiger partial charge is 0.302 e. The normalized spacial score (nSPS) is 27.3. The lowest BCUT2D eigenvalue weighted by Crippen LogP contribution is -2.40. The Morgan fingerprint density at radius 3 is 1.78 bits per heavy atom. The number of hydrogen-bond acceptors (Lipinski definition) is 4. The van der Waals surface area contributed by atoms with Crippen molar-refractivity contribution in [2.45, 2.75) is 120 Å². The van der Waals surface area contributed by atoms with E-state index in [0.717, 1.165) is 36.0 Å². The van der Waals surface area contributed by atoms with Gasteiger partial charge in [-0.2, -0.15) is 0 Å². The Bertz CT molecular complexity index is 1380. The molecule has 2 rings (SSSR count). The van der Waals surface area contributed by atoms with Gasteiger partial charge in [-0.15, -0.1) is 0 Å². The summed E-state index contributed by atoms with van der Waals surface area (Å²) in [4.78, 5) is 11.5. The van der Waals surface area contributed by atoms with Crippen LogP contribution in [0.3, 0.4) is 0 Å². The van der Waals surface area contributed by atoms with Crippen LogP contribution >= 0.6 is 0 Å². The lowest BCUT2D eigenvalue weighted by Gasteiger charge is -2.40. The molecule has 1 saturated carbocycles. The van der Waals surface area contributed by atoms with Gasteiger partial charge < -0.3 is 14.9 Å². The topological polar surface area (TPSA) is 66.8 Å². The van der Waals surface area contributed by atoms with Crippen LogP contribution in [0.15, 0.2) is 119 Å². The third-order valence-electron chi connectivity index (χ3n) is 9.72. The third-order valence-corrected chi connectivity index (χ3v) is 9.72. The summed E-state index contributed by atoms with van der Waals surface area (Å²) in [6.45, 7) is 22.6. The van der Waals surface area contributed by atoms with Crippen molar-refractivity contribution >= 4 is 5.97 Å². The average molecular weight is 629 g/mol. The predicted octanol–water partition coefficient (Wildman–Crippen LogP) is 10.2. The van der Waals surface area contributed by atoms with Gasteiger partial charge in [-0.05, 0) is 76.7 Å². The molecule has 2 aliphatic carbocycles. The minimum absolute atomic E-state index is 0.00799. The number of esters is 1. The Hall–Kier alpha value is -3.21. The maximum atomic E-state index is 11.5. The van der Waals surface area contributed by atoms with Gasteiger partial charge in [-0.25, -0.2) is 0 Å². The largest absolute Gasteiger partial charge is 0.463 e.